The van der Waals surface area contributed by atoms with E-state index in [9.17, 15) is 9.59 Å². The molecule has 1 aliphatic heterocycles. The molecule has 4 unspecified atom stereocenters. The third kappa shape index (κ3) is 1.64. The van der Waals surface area contributed by atoms with Crippen LogP contribution in [0.25, 0.3) is 0 Å². The van der Waals surface area contributed by atoms with E-state index in [0.29, 0.717) is 17.5 Å². The number of imide groups is 1. The van der Waals surface area contributed by atoms with Gasteiger partial charge in [-0.1, -0.05) is 18.7 Å². The number of carbonyl (C=O) groups excluding carboxylic acids is 2. The van der Waals surface area contributed by atoms with E-state index in [1.807, 2.05) is 13.0 Å². The number of carbonyl (C=O) groups is 2. The number of nitrogens with zero attached hydrogens (tertiary/aromatic N) is 1. The van der Waals surface area contributed by atoms with E-state index in [2.05, 4.69) is 6.58 Å². The third-order valence-electron chi connectivity index (χ3n) is 4.81. The first-order chi connectivity index (χ1) is 9.19. The van der Waals surface area contributed by atoms with Crippen molar-refractivity contribution in [2.45, 2.75) is 26.2 Å². The zero-order valence-electron chi connectivity index (χ0n) is 11.2. The van der Waals surface area contributed by atoms with E-state index < -0.39 is 0 Å². The summed E-state index contributed by atoms with van der Waals surface area (Å²) in [5.41, 5.74) is 0.654. The third-order valence-corrected chi connectivity index (χ3v) is 4.81. The maximum atomic E-state index is 12.6. The van der Waals surface area contributed by atoms with E-state index in [0.717, 1.165) is 19.3 Å². The lowest BCUT2D eigenvalue weighted by atomic mass is 9.81. The van der Waals surface area contributed by atoms with E-state index in [4.69, 9.17) is 0 Å². The molecule has 3 nitrogen and oxygen atoms in total. The quantitative estimate of drug-likeness (QED) is 0.576. The predicted octanol–water partition coefficient (Wildman–Crippen LogP) is 2.66. The topological polar surface area (TPSA) is 37.4 Å². The summed E-state index contributed by atoms with van der Waals surface area (Å²) in [6.07, 6.45) is 10.3. The summed E-state index contributed by atoms with van der Waals surface area (Å²) in [6.45, 7) is 5.54. The molecule has 4 atom stereocenters. The number of rotatable bonds is 3. The minimum Gasteiger partial charge on any atom is -0.274 e. The highest BCUT2D eigenvalue weighted by atomic mass is 16.2. The number of hydrogen-bond acceptors (Lipinski definition) is 2. The van der Waals surface area contributed by atoms with Crippen LogP contribution in [0.5, 0.6) is 0 Å². The minimum atomic E-state index is -0.0512. The Kier molecular flexibility index (Phi) is 2.92. The van der Waals surface area contributed by atoms with Gasteiger partial charge in [0, 0.05) is 0 Å². The van der Waals surface area contributed by atoms with Gasteiger partial charge >= 0.3 is 0 Å². The van der Waals surface area contributed by atoms with Gasteiger partial charge in [-0.25, -0.2) is 0 Å². The monoisotopic (exact) mass is 257 g/mol. The second-order valence-corrected chi connectivity index (χ2v) is 5.72. The molecule has 0 aromatic rings. The molecule has 2 amide bonds. The molecule has 3 fully saturated rings. The molecule has 3 heteroatoms. The predicted molar refractivity (Wildman–Crippen MR) is 72.8 cm³/mol. The van der Waals surface area contributed by atoms with Gasteiger partial charge in [0.05, 0.1) is 17.5 Å². The first-order valence-electron chi connectivity index (χ1n) is 7.02. The van der Waals surface area contributed by atoms with Crippen molar-refractivity contribution < 1.29 is 9.59 Å². The van der Waals surface area contributed by atoms with Gasteiger partial charge in [-0.2, -0.15) is 0 Å². The average molecular weight is 257 g/mol. The molecular weight excluding hydrogens is 238 g/mol. The van der Waals surface area contributed by atoms with Crippen LogP contribution >= 0.6 is 0 Å². The molecule has 0 N–H and O–H groups in total. The summed E-state index contributed by atoms with van der Waals surface area (Å²) >= 11 is 0. The number of amides is 2. The molecule has 0 radical (unpaired) electrons. The Morgan fingerprint density at radius 2 is 1.79 bits per heavy atom. The molecule has 2 bridgehead atoms. The number of fused-ring (bicyclic) bond motifs is 5. The molecular formula is C16H19NO2. The zero-order chi connectivity index (χ0) is 13.6. The van der Waals surface area contributed by atoms with Crippen LogP contribution in [0.1, 0.15) is 26.2 Å². The summed E-state index contributed by atoms with van der Waals surface area (Å²) in [4.78, 5) is 26.5. The van der Waals surface area contributed by atoms with Crippen molar-refractivity contribution in [2.75, 3.05) is 0 Å². The number of likely N-dealkylation sites (tertiary alicyclic amines) is 1. The van der Waals surface area contributed by atoms with Crippen molar-refractivity contribution in [3.8, 4) is 0 Å². The molecule has 0 aromatic heterocycles. The summed E-state index contributed by atoms with van der Waals surface area (Å²) in [6, 6.07) is 0. The van der Waals surface area contributed by atoms with Crippen LogP contribution < -0.4 is 0 Å². The second kappa shape index (κ2) is 4.48. The fourth-order valence-corrected chi connectivity index (χ4v) is 4.16. The van der Waals surface area contributed by atoms with Crippen molar-refractivity contribution in [1.29, 1.82) is 0 Å². The van der Waals surface area contributed by atoms with Crippen LogP contribution in [-0.4, -0.2) is 16.7 Å². The van der Waals surface area contributed by atoms with Gasteiger partial charge in [0.25, 0.3) is 0 Å². The van der Waals surface area contributed by atoms with Gasteiger partial charge < -0.3 is 0 Å². The SMILES string of the molecule is C=C/C=C(\C=C/C)N1C(=O)C2C3CCC(C3)C2C1=O. The molecule has 3 aliphatic rings. The standard InChI is InChI=1S/C16H19NO2/c1-3-5-12(6-4-2)17-15(18)13-10-7-8-11(9-10)14(13)16(17)19/h3-6,10-11,13-14H,1,7-9H2,2H3/b6-4-,12-5+. The summed E-state index contributed by atoms with van der Waals surface area (Å²) in [5.74, 6) is 0.787. The van der Waals surface area contributed by atoms with Crippen molar-refractivity contribution >= 4 is 11.8 Å². The van der Waals surface area contributed by atoms with Crippen LogP contribution in [0.4, 0.5) is 0 Å². The van der Waals surface area contributed by atoms with Gasteiger partial charge in [-0.05, 0) is 50.2 Å². The Morgan fingerprint density at radius 3 is 2.26 bits per heavy atom. The highest BCUT2D eigenvalue weighted by molar-refractivity contribution is 6.08. The zero-order valence-corrected chi connectivity index (χ0v) is 11.2. The van der Waals surface area contributed by atoms with Crippen LogP contribution in [-0.2, 0) is 9.59 Å². The van der Waals surface area contributed by atoms with Crippen molar-refractivity contribution in [2.24, 2.45) is 23.7 Å². The Morgan fingerprint density at radius 1 is 1.21 bits per heavy atom. The molecule has 0 spiro atoms. The Labute approximate surface area is 113 Å². The Bertz CT molecular complexity index is 475. The van der Waals surface area contributed by atoms with E-state index in [1.165, 1.54) is 4.90 Å². The van der Waals surface area contributed by atoms with Gasteiger partial charge in [0.1, 0.15) is 0 Å². The smallest absolute Gasteiger partial charge is 0.237 e. The molecule has 2 aliphatic carbocycles. The molecule has 1 heterocycles. The Hall–Kier alpha value is -1.64. The lowest BCUT2D eigenvalue weighted by Gasteiger charge is -2.19. The lowest BCUT2D eigenvalue weighted by molar-refractivity contribution is -0.138. The van der Waals surface area contributed by atoms with Crippen LogP contribution in [0.3, 0.4) is 0 Å². The molecule has 0 aromatic carbocycles. The molecule has 100 valence electrons. The highest BCUT2D eigenvalue weighted by Gasteiger charge is 2.61. The van der Waals surface area contributed by atoms with Crippen LogP contribution in [0, 0.1) is 23.7 Å². The molecule has 3 rings (SSSR count). The summed E-state index contributed by atoms with van der Waals surface area (Å²) in [5, 5.41) is 0. The van der Waals surface area contributed by atoms with Crippen LogP contribution in [0.2, 0.25) is 0 Å². The fraction of sp³-hybridized carbons (Fsp3) is 0.500. The largest absolute Gasteiger partial charge is 0.274 e. The van der Waals surface area contributed by atoms with Gasteiger partial charge in [-0.15, -0.1) is 0 Å². The highest BCUT2D eigenvalue weighted by Crippen LogP contribution is 2.56. The molecule has 1 saturated heterocycles. The summed E-state index contributed by atoms with van der Waals surface area (Å²) in [7, 11) is 0. The molecule has 19 heavy (non-hydrogen) atoms. The second-order valence-electron chi connectivity index (χ2n) is 5.72. The first kappa shape index (κ1) is 12.4. The average Bonchev–Trinajstić information content (AvgIpc) is 3.04. The van der Waals surface area contributed by atoms with Crippen molar-refractivity contribution in [1.82, 2.24) is 4.90 Å². The maximum absolute atomic E-state index is 12.6. The van der Waals surface area contributed by atoms with Gasteiger partial charge in [0.15, 0.2) is 0 Å². The maximum Gasteiger partial charge on any atom is 0.237 e. The number of hydrogen-bond donors (Lipinski definition) is 0. The first-order valence-corrected chi connectivity index (χ1v) is 7.02. The van der Waals surface area contributed by atoms with E-state index in [1.54, 1.807) is 18.2 Å². The van der Waals surface area contributed by atoms with E-state index in [-0.39, 0.29) is 23.7 Å². The molecule has 2 saturated carbocycles. The number of allylic oxidation sites excluding steroid dienone is 4. The van der Waals surface area contributed by atoms with E-state index >= 15 is 0 Å². The summed E-state index contributed by atoms with van der Waals surface area (Å²) < 4.78 is 0. The Balaban J connectivity index is 1.96. The van der Waals surface area contributed by atoms with Crippen LogP contribution in [0.15, 0.2) is 36.6 Å². The normalized spacial score (nSPS) is 37.5. The van der Waals surface area contributed by atoms with Gasteiger partial charge in [0.2, 0.25) is 11.8 Å². The van der Waals surface area contributed by atoms with Crippen molar-refractivity contribution in [3.05, 3.63) is 36.6 Å². The fourth-order valence-electron chi connectivity index (χ4n) is 4.16. The lowest BCUT2D eigenvalue weighted by Crippen LogP contribution is -2.31. The van der Waals surface area contributed by atoms with Crippen molar-refractivity contribution in [3.63, 3.8) is 0 Å². The minimum absolute atomic E-state index is 0.00778. The van der Waals surface area contributed by atoms with Gasteiger partial charge in [-0.3, -0.25) is 14.5 Å².